The molecule has 0 amide bonds. The summed E-state index contributed by atoms with van der Waals surface area (Å²) in [4.78, 5) is 25.2. The molecule has 3 rings (SSSR count). The summed E-state index contributed by atoms with van der Waals surface area (Å²) in [5.41, 5.74) is 7.03. The number of nitrogens with two attached hydrogens (primary N) is 1. The molecule has 2 N–H and O–H groups in total. The van der Waals surface area contributed by atoms with Crippen molar-refractivity contribution in [2.45, 2.75) is 39.0 Å². The average Bonchev–Trinajstić information content (AvgIpc) is 2.63. The Morgan fingerprint density at radius 1 is 1.17 bits per heavy atom. The molecule has 0 aromatic carbocycles. The van der Waals surface area contributed by atoms with Crippen LogP contribution in [0.2, 0.25) is 0 Å². The molecule has 1 aromatic rings. The minimum absolute atomic E-state index is 0.105. The first-order valence-corrected chi connectivity index (χ1v) is 8.97. The maximum atomic E-state index is 12.1. The highest BCUT2D eigenvalue weighted by atomic mass is 16.5. The molecular weight excluding hydrogens is 306 g/mol. The van der Waals surface area contributed by atoms with Gasteiger partial charge in [0.25, 0.3) is 0 Å². The number of esters is 1. The van der Waals surface area contributed by atoms with Crippen molar-refractivity contribution < 1.29 is 9.53 Å². The number of rotatable bonds is 4. The van der Waals surface area contributed by atoms with Crippen molar-refractivity contribution in [1.29, 1.82) is 0 Å². The number of hydrogen-bond acceptors (Lipinski definition) is 7. The van der Waals surface area contributed by atoms with Gasteiger partial charge in [0.2, 0.25) is 0 Å². The smallest absolute Gasteiger partial charge is 0.310 e. The van der Waals surface area contributed by atoms with Crippen molar-refractivity contribution in [1.82, 2.24) is 9.97 Å². The van der Waals surface area contributed by atoms with E-state index in [2.05, 4.69) is 19.8 Å². The summed E-state index contributed by atoms with van der Waals surface area (Å²) in [5.74, 6) is 1.36. The molecule has 3 heterocycles. The van der Waals surface area contributed by atoms with E-state index in [1.807, 2.05) is 6.92 Å². The number of nitrogens with zero attached hydrogens (tertiary/aromatic N) is 4. The maximum absolute atomic E-state index is 12.1. The molecule has 24 heavy (non-hydrogen) atoms. The predicted octanol–water partition coefficient (Wildman–Crippen LogP) is 1.83. The molecule has 2 fully saturated rings. The van der Waals surface area contributed by atoms with Crippen LogP contribution in [0.25, 0.3) is 0 Å². The normalized spacial score (nSPS) is 21.6. The van der Waals surface area contributed by atoms with E-state index in [4.69, 9.17) is 10.5 Å². The van der Waals surface area contributed by atoms with E-state index in [0.717, 1.165) is 44.1 Å². The van der Waals surface area contributed by atoms with Gasteiger partial charge < -0.3 is 20.3 Å². The van der Waals surface area contributed by atoms with Crippen LogP contribution in [-0.4, -0.2) is 48.7 Å². The quantitative estimate of drug-likeness (QED) is 0.841. The van der Waals surface area contributed by atoms with Crippen LogP contribution in [0, 0.1) is 5.92 Å². The van der Waals surface area contributed by atoms with Crippen molar-refractivity contribution in [2.75, 3.05) is 48.3 Å². The molecule has 1 aromatic heterocycles. The minimum atomic E-state index is -0.119. The van der Waals surface area contributed by atoms with Gasteiger partial charge in [0.15, 0.2) is 11.6 Å². The second-order valence-corrected chi connectivity index (χ2v) is 6.52. The highest BCUT2D eigenvalue weighted by molar-refractivity contribution is 5.78. The summed E-state index contributed by atoms with van der Waals surface area (Å²) < 4.78 is 5.18. The number of piperidine rings is 2. The van der Waals surface area contributed by atoms with Gasteiger partial charge in [0, 0.05) is 26.2 Å². The van der Waals surface area contributed by atoms with E-state index >= 15 is 0 Å². The molecule has 1 atom stereocenters. The monoisotopic (exact) mass is 333 g/mol. The number of carbonyl (C=O) groups excluding carboxylic acids is 1. The second-order valence-electron chi connectivity index (χ2n) is 6.52. The van der Waals surface area contributed by atoms with Gasteiger partial charge in [-0.3, -0.25) is 4.79 Å². The summed E-state index contributed by atoms with van der Waals surface area (Å²) >= 11 is 0. The Labute approximate surface area is 143 Å². The van der Waals surface area contributed by atoms with Crippen molar-refractivity contribution in [3.05, 3.63) is 6.33 Å². The van der Waals surface area contributed by atoms with Crippen LogP contribution in [0.5, 0.6) is 0 Å². The molecule has 1 unspecified atom stereocenters. The van der Waals surface area contributed by atoms with E-state index in [0.29, 0.717) is 18.8 Å². The third kappa shape index (κ3) is 3.55. The lowest BCUT2D eigenvalue weighted by Gasteiger charge is -2.34. The molecule has 0 aliphatic carbocycles. The highest BCUT2D eigenvalue weighted by Crippen LogP contribution is 2.33. The van der Waals surface area contributed by atoms with Gasteiger partial charge in [-0.15, -0.1) is 0 Å². The largest absolute Gasteiger partial charge is 0.466 e. The Morgan fingerprint density at radius 2 is 1.83 bits per heavy atom. The number of ether oxygens (including phenoxy) is 1. The average molecular weight is 333 g/mol. The fraction of sp³-hybridized carbons (Fsp3) is 0.706. The number of hydrogen-bond donors (Lipinski definition) is 1. The van der Waals surface area contributed by atoms with Gasteiger partial charge in [-0.25, -0.2) is 9.97 Å². The summed E-state index contributed by atoms with van der Waals surface area (Å²) in [6, 6.07) is 0. The van der Waals surface area contributed by atoms with Crippen LogP contribution in [0.1, 0.15) is 39.0 Å². The molecule has 7 heteroatoms. The SMILES string of the molecule is CCOC(=O)C1CCCN(c2ncnc(N3CCCCC3)c2N)C1. The first-order chi connectivity index (χ1) is 11.7. The second kappa shape index (κ2) is 7.68. The molecular formula is C17H27N5O2. The molecule has 0 bridgehead atoms. The minimum Gasteiger partial charge on any atom is -0.466 e. The third-order valence-corrected chi connectivity index (χ3v) is 4.84. The zero-order valence-corrected chi connectivity index (χ0v) is 14.4. The van der Waals surface area contributed by atoms with Crippen LogP contribution in [0.4, 0.5) is 17.3 Å². The van der Waals surface area contributed by atoms with Crippen LogP contribution >= 0.6 is 0 Å². The van der Waals surface area contributed by atoms with Crippen molar-refractivity contribution in [3.63, 3.8) is 0 Å². The maximum Gasteiger partial charge on any atom is 0.310 e. The van der Waals surface area contributed by atoms with E-state index < -0.39 is 0 Å². The Morgan fingerprint density at radius 3 is 2.54 bits per heavy atom. The molecule has 2 aliphatic heterocycles. The molecule has 0 spiro atoms. The van der Waals surface area contributed by atoms with Crippen LogP contribution < -0.4 is 15.5 Å². The summed E-state index contributed by atoms with van der Waals surface area (Å²) in [6.07, 6.45) is 7.00. The first-order valence-electron chi connectivity index (χ1n) is 8.97. The molecule has 2 saturated heterocycles. The Kier molecular flexibility index (Phi) is 5.37. The van der Waals surface area contributed by atoms with Crippen molar-refractivity contribution >= 4 is 23.3 Å². The van der Waals surface area contributed by atoms with Gasteiger partial charge >= 0.3 is 5.97 Å². The zero-order chi connectivity index (χ0) is 16.9. The van der Waals surface area contributed by atoms with Gasteiger partial charge in [-0.2, -0.15) is 0 Å². The van der Waals surface area contributed by atoms with Gasteiger partial charge in [0.1, 0.15) is 12.0 Å². The third-order valence-electron chi connectivity index (χ3n) is 4.84. The first kappa shape index (κ1) is 16.8. The Bertz CT molecular complexity index is 574. The van der Waals surface area contributed by atoms with Crippen molar-refractivity contribution in [3.8, 4) is 0 Å². The van der Waals surface area contributed by atoms with Gasteiger partial charge in [-0.05, 0) is 39.0 Å². The summed E-state index contributed by atoms with van der Waals surface area (Å²) in [7, 11) is 0. The van der Waals surface area contributed by atoms with Crippen LogP contribution in [0.3, 0.4) is 0 Å². The number of aromatic nitrogens is 2. The predicted molar refractivity (Wildman–Crippen MR) is 94.1 cm³/mol. The van der Waals surface area contributed by atoms with E-state index in [1.54, 1.807) is 6.33 Å². The zero-order valence-electron chi connectivity index (χ0n) is 14.4. The summed E-state index contributed by atoms with van der Waals surface area (Å²) in [5, 5.41) is 0. The summed E-state index contributed by atoms with van der Waals surface area (Å²) in [6.45, 7) is 5.71. The van der Waals surface area contributed by atoms with E-state index in [-0.39, 0.29) is 11.9 Å². The van der Waals surface area contributed by atoms with Gasteiger partial charge in [-0.1, -0.05) is 0 Å². The molecule has 0 saturated carbocycles. The number of carbonyl (C=O) groups is 1. The van der Waals surface area contributed by atoms with Crippen LogP contribution in [0.15, 0.2) is 6.33 Å². The molecule has 7 nitrogen and oxygen atoms in total. The number of anilines is 3. The van der Waals surface area contributed by atoms with E-state index in [9.17, 15) is 4.79 Å². The van der Waals surface area contributed by atoms with E-state index in [1.165, 1.54) is 19.3 Å². The lowest BCUT2D eigenvalue weighted by atomic mass is 9.98. The van der Waals surface area contributed by atoms with Crippen LogP contribution in [-0.2, 0) is 9.53 Å². The molecule has 0 radical (unpaired) electrons. The fourth-order valence-corrected chi connectivity index (χ4v) is 3.61. The lowest BCUT2D eigenvalue weighted by molar-refractivity contribution is -0.148. The standard InChI is InChI=1S/C17H27N5O2/c1-2-24-17(23)13-7-6-10-22(11-13)16-14(18)15(19-12-20-16)21-8-4-3-5-9-21/h12-13H,2-11,18H2,1H3. The lowest BCUT2D eigenvalue weighted by Crippen LogP contribution is -2.40. The van der Waals surface area contributed by atoms with Crippen molar-refractivity contribution in [2.24, 2.45) is 5.92 Å². The molecule has 132 valence electrons. The highest BCUT2D eigenvalue weighted by Gasteiger charge is 2.29. The fourth-order valence-electron chi connectivity index (χ4n) is 3.61. The topological polar surface area (TPSA) is 84.6 Å². The molecule has 2 aliphatic rings. The Balaban J connectivity index is 1.77. The Hall–Kier alpha value is -2.05. The van der Waals surface area contributed by atoms with Gasteiger partial charge in [0.05, 0.1) is 12.5 Å². The number of nitrogen functional groups attached to an aromatic ring is 1.